The van der Waals surface area contributed by atoms with E-state index in [2.05, 4.69) is 6.58 Å². The molecule has 0 aromatic heterocycles. The van der Waals surface area contributed by atoms with Gasteiger partial charge >= 0.3 is 18.1 Å². The van der Waals surface area contributed by atoms with E-state index in [0.29, 0.717) is 12.8 Å². The van der Waals surface area contributed by atoms with Crippen LogP contribution in [0.5, 0.6) is 11.5 Å². The first kappa shape index (κ1) is 36.1. The van der Waals surface area contributed by atoms with Crippen molar-refractivity contribution in [2.75, 3.05) is 26.8 Å². The van der Waals surface area contributed by atoms with Crippen LogP contribution in [-0.4, -0.2) is 55.1 Å². The number of ether oxygens (including phenoxy) is 4. The molecule has 46 heavy (non-hydrogen) atoms. The van der Waals surface area contributed by atoms with Gasteiger partial charge in [0, 0.05) is 6.42 Å². The normalized spacial score (nSPS) is 11.9. The van der Waals surface area contributed by atoms with Gasteiger partial charge in [-0.15, -0.1) is 0 Å². The molecule has 0 amide bonds. The van der Waals surface area contributed by atoms with Crippen molar-refractivity contribution in [2.45, 2.75) is 52.1 Å². The SMILES string of the molecule is C=C(CO)C(=O)OCOc1ccc(-c2ccc(-c3ccc(CCCCC(F)(F)F)cc3)c(CC)c2)cc1OCOC(=O)C(C)CO. The van der Waals surface area contributed by atoms with Crippen LogP contribution in [0, 0.1) is 5.92 Å². The first-order chi connectivity index (χ1) is 21.9. The predicted octanol–water partition coefficient (Wildman–Crippen LogP) is 6.79. The zero-order valence-corrected chi connectivity index (χ0v) is 25.9. The number of carbonyl (C=O) groups is 2. The van der Waals surface area contributed by atoms with Crippen LogP contribution in [-0.2, 0) is 31.9 Å². The number of rotatable bonds is 17. The zero-order chi connectivity index (χ0) is 33.7. The molecule has 1 unspecified atom stereocenters. The molecule has 0 aliphatic heterocycles. The number of aliphatic hydroxyl groups is 2. The number of esters is 2. The van der Waals surface area contributed by atoms with Crippen LogP contribution in [0.3, 0.4) is 0 Å². The summed E-state index contributed by atoms with van der Waals surface area (Å²) >= 11 is 0. The molecule has 0 bridgehead atoms. The van der Waals surface area contributed by atoms with Gasteiger partial charge in [0.15, 0.2) is 11.5 Å². The molecule has 8 nitrogen and oxygen atoms in total. The maximum absolute atomic E-state index is 12.4. The molecular weight excluding hydrogens is 605 g/mol. The molecule has 3 aromatic rings. The standard InChI is InChI=1S/C35H39F3O8/c1-4-26-17-28(12-14-30(26)27-10-8-25(9-11-27)7-5-6-16-35(36,37)38)29-13-15-31(43-21-45-33(41)23(2)19-39)32(18-29)44-22-46-34(42)24(3)20-40/h8-15,17-18,24,39-40H,2,4-7,16,19-22H2,1,3H3. The van der Waals surface area contributed by atoms with Crippen molar-refractivity contribution in [1.82, 2.24) is 0 Å². The second-order valence-corrected chi connectivity index (χ2v) is 10.7. The van der Waals surface area contributed by atoms with Crippen molar-refractivity contribution in [3.8, 4) is 33.8 Å². The van der Waals surface area contributed by atoms with Crippen LogP contribution in [0.25, 0.3) is 22.3 Å². The molecule has 3 rings (SSSR count). The number of halogens is 3. The molecule has 0 radical (unpaired) electrons. The van der Waals surface area contributed by atoms with E-state index in [-0.39, 0.29) is 30.1 Å². The number of unbranched alkanes of at least 4 members (excludes halogenated alkanes) is 1. The molecule has 0 heterocycles. The Kier molecular flexibility index (Phi) is 13.6. The Labute approximate surface area is 266 Å². The Bertz CT molecular complexity index is 1470. The van der Waals surface area contributed by atoms with Crippen molar-refractivity contribution in [3.05, 3.63) is 83.9 Å². The van der Waals surface area contributed by atoms with E-state index >= 15 is 0 Å². The summed E-state index contributed by atoms with van der Waals surface area (Å²) in [5.74, 6) is -1.79. The highest BCUT2D eigenvalue weighted by molar-refractivity contribution is 5.87. The minimum Gasteiger partial charge on any atom is -0.453 e. The molecule has 0 saturated carbocycles. The number of aliphatic hydroxyl groups excluding tert-OH is 2. The minimum absolute atomic E-state index is 0.106. The maximum Gasteiger partial charge on any atom is 0.389 e. The summed E-state index contributed by atoms with van der Waals surface area (Å²) in [4.78, 5) is 23.8. The first-order valence-corrected chi connectivity index (χ1v) is 14.9. The van der Waals surface area contributed by atoms with Gasteiger partial charge in [0.1, 0.15) is 0 Å². The van der Waals surface area contributed by atoms with Gasteiger partial charge in [0.05, 0.1) is 24.7 Å². The van der Waals surface area contributed by atoms with E-state index in [4.69, 9.17) is 24.1 Å². The van der Waals surface area contributed by atoms with Crippen LogP contribution in [0.15, 0.2) is 72.8 Å². The van der Waals surface area contributed by atoms with Gasteiger partial charge in [0.2, 0.25) is 13.6 Å². The number of hydrogen-bond donors (Lipinski definition) is 2. The fraction of sp³-hybridized carbons (Fsp3) is 0.371. The molecule has 0 aliphatic carbocycles. The highest BCUT2D eigenvalue weighted by Crippen LogP contribution is 2.35. The fourth-order valence-electron chi connectivity index (χ4n) is 4.45. The van der Waals surface area contributed by atoms with Crippen molar-refractivity contribution in [3.63, 3.8) is 0 Å². The van der Waals surface area contributed by atoms with Gasteiger partial charge in [-0.3, -0.25) is 4.79 Å². The van der Waals surface area contributed by atoms with Gasteiger partial charge in [-0.2, -0.15) is 13.2 Å². The number of alkyl halides is 3. The number of aryl methyl sites for hydroxylation is 2. The van der Waals surface area contributed by atoms with Crippen molar-refractivity contribution in [2.24, 2.45) is 5.92 Å². The lowest BCUT2D eigenvalue weighted by Gasteiger charge is -2.16. The third-order valence-corrected chi connectivity index (χ3v) is 7.18. The molecule has 11 heteroatoms. The van der Waals surface area contributed by atoms with Crippen LogP contribution < -0.4 is 9.47 Å². The largest absolute Gasteiger partial charge is 0.453 e. The lowest BCUT2D eigenvalue weighted by molar-refractivity contribution is -0.156. The summed E-state index contributed by atoms with van der Waals surface area (Å²) in [6.45, 7) is 5.07. The Morgan fingerprint density at radius 1 is 0.848 bits per heavy atom. The van der Waals surface area contributed by atoms with Crippen LogP contribution in [0.2, 0.25) is 0 Å². The summed E-state index contributed by atoms with van der Waals surface area (Å²) < 4.78 is 58.6. The Morgan fingerprint density at radius 3 is 2.13 bits per heavy atom. The minimum atomic E-state index is -4.13. The van der Waals surface area contributed by atoms with Crippen molar-refractivity contribution >= 4 is 11.9 Å². The molecule has 1 atom stereocenters. The van der Waals surface area contributed by atoms with E-state index in [0.717, 1.165) is 39.8 Å². The quantitative estimate of drug-likeness (QED) is 0.0715. The van der Waals surface area contributed by atoms with E-state index in [1.54, 1.807) is 18.2 Å². The monoisotopic (exact) mass is 644 g/mol. The van der Waals surface area contributed by atoms with Gasteiger partial charge in [0.25, 0.3) is 0 Å². The number of benzene rings is 3. The molecule has 0 saturated heterocycles. The molecule has 0 fully saturated rings. The second-order valence-electron chi connectivity index (χ2n) is 10.7. The topological polar surface area (TPSA) is 112 Å². The van der Waals surface area contributed by atoms with E-state index in [1.165, 1.54) is 6.92 Å². The lowest BCUT2D eigenvalue weighted by atomic mass is 9.93. The fourth-order valence-corrected chi connectivity index (χ4v) is 4.45. The number of carbonyl (C=O) groups excluding carboxylic acids is 2. The average molecular weight is 645 g/mol. The van der Waals surface area contributed by atoms with Gasteiger partial charge < -0.3 is 29.2 Å². The summed E-state index contributed by atoms with van der Waals surface area (Å²) in [5, 5.41) is 18.2. The van der Waals surface area contributed by atoms with E-state index in [9.17, 15) is 27.9 Å². The van der Waals surface area contributed by atoms with E-state index in [1.807, 2.05) is 49.4 Å². The van der Waals surface area contributed by atoms with E-state index < -0.39 is 50.6 Å². The van der Waals surface area contributed by atoms with Gasteiger partial charge in [-0.1, -0.05) is 62.0 Å². The number of hydrogen-bond acceptors (Lipinski definition) is 8. The summed E-state index contributed by atoms with van der Waals surface area (Å²) in [5.41, 5.74) is 5.58. The summed E-state index contributed by atoms with van der Waals surface area (Å²) in [7, 11) is 0. The molecule has 0 spiro atoms. The Morgan fingerprint density at radius 2 is 1.48 bits per heavy atom. The third-order valence-electron chi connectivity index (χ3n) is 7.18. The lowest BCUT2D eigenvalue weighted by Crippen LogP contribution is -2.20. The molecular formula is C35H39F3O8. The third kappa shape index (κ3) is 10.9. The van der Waals surface area contributed by atoms with Crippen molar-refractivity contribution < 1.29 is 51.9 Å². The zero-order valence-electron chi connectivity index (χ0n) is 25.9. The highest BCUT2D eigenvalue weighted by atomic mass is 19.4. The second kappa shape index (κ2) is 17.4. The van der Waals surface area contributed by atoms with Crippen LogP contribution in [0.4, 0.5) is 13.2 Å². The summed E-state index contributed by atoms with van der Waals surface area (Å²) in [6, 6.07) is 18.9. The average Bonchev–Trinajstić information content (AvgIpc) is 3.05. The van der Waals surface area contributed by atoms with Crippen molar-refractivity contribution in [1.29, 1.82) is 0 Å². The molecule has 248 valence electrons. The molecule has 3 aromatic carbocycles. The Balaban J connectivity index is 1.79. The maximum atomic E-state index is 12.4. The van der Waals surface area contributed by atoms with Crippen LogP contribution >= 0.6 is 0 Å². The van der Waals surface area contributed by atoms with Crippen LogP contribution in [0.1, 0.15) is 44.2 Å². The van der Waals surface area contributed by atoms with Gasteiger partial charge in [-0.05, 0) is 78.1 Å². The molecule has 2 N–H and O–H groups in total. The Hall–Kier alpha value is -4.35. The molecule has 0 aliphatic rings. The predicted molar refractivity (Wildman–Crippen MR) is 166 cm³/mol. The summed E-state index contributed by atoms with van der Waals surface area (Å²) in [6.07, 6.45) is -3.00. The smallest absolute Gasteiger partial charge is 0.389 e. The van der Waals surface area contributed by atoms with Gasteiger partial charge in [-0.25, -0.2) is 4.79 Å². The highest BCUT2D eigenvalue weighted by Gasteiger charge is 2.25. The first-order valence-electron chi connectivity index (χ1n) is 14.9.